The number of guanidine groups is 1. The fraction of sp³-hybridized carbons (Fsp3) is 0.778. The maximum absolute atomic E-state index is 5.29. The molecule has 0 bridgehead atoms. The fourth-order valence-corrected chi connectivity index (χ4v) is 3.77. The first kappa shape index (κ1) is 17.8. The van der Waals surface area contributed by atoms with Crippen LogP contribution >= 0.6 is 0 Å². The summed E-state index contributed by atoms with van der Waals surface area (Å²) >= 11 is 0. The quantitative estimate of drug-likeness (QED) is 0.683. The SMILES string of the molecule is CCNC(=NCC(C)c1c(C)noc1C)N1CC(C)CC(C)C1. The van der Waals surface area contributed by atoms with Gasteiger partial charge < -0.3 is 14.7 Å². The van der Waals surface area contributed by atoms with E-state index in [1.807, 2.05) is 13.8 Å². The highest BCUT2D eigenvalue weighted by atomic mass is 16.5. The van der Waals surface area contributed by atoms with Crippen LogP contribution in [0, 0.1) is 25.7 Å². The molecule has 0 saturated carbocycles. The third-order valence-corrected chi connectivity index (χ3v) is 4.60. The van der Waals surface area contributed by atoms with Crippen molar-refractivity contribution in [1.29, 1.82) is 0 Å². The molecule has 0 amide bonds. The average Bonchev–Trinajstić information content (AvgIpc) is 2.81. The predicted octanol–water partition coefficient (Wildman–Crippen LogP) is 3.34. The molecule has 5 heteroatoms. The van der Waals surface area contributed by atoms with Crippen molar-refractivity contribution >= 4 is 5.96 Å². The third-order valence-electron chi connectivity index (χ3n) is 4.60. The van der Waals surface area contributed by atoms with E-state index in [1.165, 1.54) is 12.0 Å². The summed E-state index contributed by atoms with van der Waals surface area (Å²) < 4.78 is 5.29. The van der Waals surface area contributed by atoms with E-state index >= 15 is 0 Å². The van der Waals surface area contributed by atoms with Gasteiger partial charge in [0.2, 0.25) is 0 Å². The van der Waals surface area contributed by atoms with Crippen LogP contribution in [0.25, 0.3) is 0 Å². The van der Waals surface area contributed by atoms with E-state index in [-0.39, 0.29) is 0 Å². The standard InChI is InChI=1S/C18H32N4O/c1-7-19-18(22-10-12(2)8-13(3)11-22)20-9-14(4)17-15(5)21-23-16(17)6/h12-14H,7-11H2,1-6H3,(H,19,20). The number of piperidine rings is 1. The van der Waals surface area contributed by atoms with Gasteiger partial charge in [0, 0.05) is 37.7 Å². The summed E-state index contributed by atoms with van der Waals surface area (Å²) in [7, 11) is 0. The first-order valence-corrected chi connectivity index (χ1v) is 8.88. The van der Waals surface area contributed by atoms with Gasteiger partial charge in [-0.1, -0.05) is 25.9 Å². The molecule has 1 N–H and O–H groups in total. The molecule has 0 radical (unpaired) electrons. The second-order valence-electron chi connectivity index (χ2n) is 7.18. The highest BCUT2D eigenvalue weighted by Gasteiger charge is 2.24. The molecule has 3 unspecified atom stereocenters. The summed E-state index contributed by atoms with van der Waals surface area (Å²) in [6.45, 7) is 16.8. The Morgan fingerprint density at radius 3 is 2.52 bits per heavy atom. The molecule has 1 aliphatic heterocycles. The van der Waals surface area contributed by atoms with Crippen LogP contribution in [-0.2, 0) is 0 Å². The van der Waals surface area contributed by atoms with E-state index in [1.54, 1.807) is 0 Å². The molecule has 5 nitrogen and oxygen atoms in total. The van der Waals surface area contributed by atoms with E-state index < -0.39 is 0 Å². The fourth-order valence-electron chi connectivity index (χ4n) is 3.77. The lowest BCUT2D eigenvalue weighted by Crippen LogP contribution is -2.48. The molecule has 3 atom stereocenters. The lowest BCUT2D eigenvalue weighted by molar-refractivity contribution is 0.208. The van der Waals surface area contributed by atoms with Gasteiger partial charge in [-0.05, 0) is 39.0 Å². The average molecular weight is 320 g/mol. The number of aryl methyl sites for hydroxylation is 2. The molecule has 0 spiro atoms. The maximum Gasteiger partial charge on any atom is 0.193 e. The van der Waals surface area contributed by atoms with Crippen LogP contribution in [0.4, 0.5) is 0 Å². The molecule has 1 aromatic heterocycles. The molecule has 1 fully saturated rings. The van der Waals surface area contributed by atoms with Gasteiger partial charge in [-0.15, -0.1) is 0 Å². The molecule has 2 rings (SSSR count). The van der Waals surface area contributed by atoms with Gasteiger partial charge >= 0.3 is 0 Å². The van der Waals surface area contributed by atoms with E-state index in [2.05, 4.69) is 43.1 Å². The molecule has 0 aliphatic carbocycles. The van der Waals surface area contributed by atoms with Crippen molar-refractivity contribution in [3.8, 4) is 0 Å². The van der Waals surface area contributed by atoms with Gasteiger partial charge in [0.1, 0.15) is 5.76 Å². The van der Waals surface area contributed by atoms with Gasteiger partial charge in [-0.2, -0.15) is 0 Å². The molecular weight excluding hydrogens is 288 g/mol. The molecule has 130 valence electrons. The second-order valence-corrected chi connectivity index (χ2v) is 7.18. The topological polar surface area (TPSA) is 53.7 Å². The lowest BCUT2D eigenvalue weighted by Gasteiger charge is -2.37. The number of nitrogens with one attached hydrogen (secondary N) is 1. The highest BCUT2D eigenvalue weighted by Crippen LogP contribution is 2.24. The Morgan fingerprint density at radius 1 is 1.35 bits per heavy atom. The number of nitrogens with zero attached hydrogens (tertiary/aromatic N) is 3. The van der Waals surface area contributed by atoms with Crippen molar-refractivity contribution in [1.82, 2.24) is 15.4 Å². The van der Waals surface area contributed by atoms with Gasteiger partial charge in [0.05, 0.1) is 5.69 Å². The zero-order chi connectivity index (χ0) is 17.0. The molecule has 1 aromatic rings. The first-order chi connectivity index (χ1) is 10.9. The Bertz CT molecular complexity index is 508. The van der Waals surface area contributed by atoms with E-state index in [4.69, 9.17) is 9.52 Å². The Balaban J connectivity index is 2.09. The van der Waals surface area contributed by atoms with Gasteiger partial charge in [0.15, 0.2) is 5.96 Å². The van der Waals surface area contributed by atoms with Crippen molar-refractivity contribution in [2.45, 2.75) is 53.9 Å². The predicted molar refractivity (Wildman–Crippen MR) is 94.9 cm³/mol. The summed E-state index contributed by atoms with van der Waals surface area (Å²) in [6, 6.07) is 0. The summed E-state index contributed by atoms with van der Waals surface area (Å²) in [5, 5.41) is 7.52. The summed E-state index contributed by atoms with van der Waals surface area (Å²) in [6.07, 6.45) is 1.31. The minimum Gasteiger partial charge on any atom is -0.361 e. The van der Waals surface area contributed by atoms with Crippen molar-refractivity contribution < 1.29 is 4.52 Å². The third kappa shape index (κ3) is 4.49. The summed E-state index contributed by atoms with van der Waals surface area (Å²) in [5.41, 5.74) is 2.18. The normalized spacial score (nSPS) is 23.9. The minimum atomic E-state index is 0.314. The van der Waals surface area contributed by atoms with Crippen molar-refractivity contribution in [3.05, 3.63) is 17.0 Å². The van der Waals surface area contributed by atoms with Crippen LogP contribution in [0.1, 0.15) is 57.1 Å². The lowest BCUT2D eigenvalue weighted by atomic mass is 9.92. The van der Waals surface area contributed by atoms with Crippen LogP contribution < -0.4 is 5.32 Å². The summed E-state index contributed by atoms with van der Waals surface area (Å²) in [4.78, 5) is 7.33. The minimum absolute atomic E-state index is 0.314. The first-order valence-electron chi connectivity index (χ1n) is 8.88. The van der Waals surface area contributed by atoms with Gasteiger partial charge in [-0.25, -0.2) is 0 Å². The van der Waals surface area contributed by atoms with E-state index in [9.17, 15) is 0 Å². The van der Waals surface area contributed by atoms with Crippen molar-refractivity contribution in [3.63, 3.8) is 0 Å². The van der Waals surface area contributed by atoms with Crippen molar-refractivity contribution in [2.24, 2.45) is 16.8 Å². The van der Waals surface area contributed by atoms with Crippen molar-refractivity contribution in [2.75, 3.05) is 26.2 Å². The number of likely N-dealkylation sites (tertiary alicyclic amines) is 1. The van der Waals surface area contributed by atoms with Crippen LogP contribution in [0.5, 0.6) is 0 Å². The van der Waals surface area contributed by atoms with Gasteiger partial charge in [0.25, 0.3) is 0 Å². The van der Waals surface area contributed by atoms with Crippen LogP contribution in [-0.4, -0.2) is 42.2 Å². The number of aromatic nitrogens is 1. The summed E-state index contributed by atoms with van der Waals surface area (Å²) in [5.74, 6) is 3.72. The maximum atomic E-state index is 5.29. The number of hydrogen-bond acceptors (Lipinski definition) is 3. The molecule has 1 saturated heterocycles. The van der Waals surface area contributed by atoms with Gasteiger partial charge in [-0.3, -0.25) is 4.99 Å². The zero-order valence-electron chi connectivity index (χ0n) is 15.5. The highest BCUT2D eigenvalue weighted by molar-refractivity contribution is 5.80. The molecule has 1 aliphatic rings. The molecular formula is C18H32N4O. The van der Waals surface area contributed by atoms with E-state index in [0.717, 1.165) is 55.4 Å². The van der Waals surface area contributed by atoms with E-state index in [0.29, 0.717) is 5.92 Å². The number of aliphatic imine (C=N–C) groups is 1. The molecule has 2 heterocycles. The Labute approximate surface area is 140 Å². The second kappa shape index (κ2) is 7.84. The molecule has 0 aromatic carbocycles. The Kier molecular flexibility index (Phi) is 6.08. The zero-order valence-corrected chi connectivity index (χ0v) is 15.5. The van der Waals surface area contributed by atoms with Crippen LogP contribution in [0.15, 0.2) is 9.52 Å². The van der Waals surface area contributed by atoms with Crippen LogP contribution in [0.2, 0.25) is 0 Å². The number of hydrogen-bond donors (Lipinski definition) is 1. The Morgan fingerprint density at radius 2 is 2.00 bits per heavy atom. The molecule has 23 heavy (non-hydrogen) atoms. The number of rotatable bonds is 4. The Hall–Kier alpha value is -1.52. The largest absolute Gasteiger partial charge is 0.361 e. The van der Waals surface area contributed by atoms with Crippen LogP contribution in [0.3, 0.4) is 0 Å². The monoisotopic (exact) mass is 320 g/mol. The smallest absolute Gasteiger partial charge is 0.193 e.